The quantitative estimate of drug-likeness (QED) is 0.615. The van der Waals surface area contributed by atoms with Gasteiger partial charge in [0.25, 0.3) is 5.56 Å². The average Bonchev–Trinajstić information content (AvgIpc) is 2.57. The second kappa shape index (κ2) is 8.93. The minimum absolute atomic E-state index is 0.107. The van der Waals surface area contributed by atoms with Crippen LogP contribution in [0.3, 0.4) is 0 Å². The fourth-order valence-corrected chi connectivity index (χ4v) is 2.61. The van der Waals surface area contributed by atoms with Crippen LogP contribution in [-0.2, 0) is 27.7 Å². The highest BCUT2D eigenvalue weighted by molar-refractivity contribution is 5.78. The van der Waals surface area contributed by atoms with E-state index >= 15 is 0 Å². The van der Waals surface area contributed by atoms with Crippen LogP contribution in [0.4, 0.5) is 0 Å². The van der Waals surface area contributed by atoms with Gasteiger partial charge in [0.15, 0.2) is 0 Å². The Kier molecular flexibility index (Phi) is 6.91. The SMILES string of the molecule is CN(C)CCO[C@@H]1CCOC[C@@H]1NC(=O)Cc1c[nH]c(=O)n(C)c1=O. The zero-order valence-electron chi connectivity index (χ0n) is 14.9. The van der Waals surface area contributed by atoms with Gasteiger partial charge in [0, 0.05) is 32.0 Å². The van der Waals surface area contributed by atoms with Crippen LogP contribution in [-0.4, -0.2) is 73.0 Å². The van der Waals surface area contributed by atoms with Crippen LogP contribution < -0.4 is 16.6 Å². The van der Waals surface area contributed by atoms with Gasteiger partial charge in [-0.3, -0.25) is 14.2 Å². The molecule has 2 N–H and O–H groups in total. The van der Waals surface area contributed by atoms with Gasteiger partial charge in [0.2, 0.25) is 5.91 Å². The molecule has 0 spiro atoms. The van der Waals surface area contributed by atoms with Gasteiger partial charge in [0.1, 0.15) is 0 Å². The molecule has 0 radical (unpaired) electrons. The lowest BCUT2D eigenvalue weighted by Gasteiger charge is -2.32. The minimum Gasteiger partial charge on any atom is -0.379 e. The number of nitrogens with one attached hydrogen (secondary N) is 2. The highest BCUT2D eigenvalue weighted by Gasteiger charge is 2.28. The van der Waals surface area contributed by atoms with E-state index in [9.17, 15) is 14.4 Å². The van der Waals surface area contributed by atoms with Crippen LogP contribution in [0.15, 0.2) is 15.8 Å². The molecule has 2 rings (SSSR count). The van der Waals surface area contributed by atoms with Gasteiger partial charge in [-0.15, -0.1) is 0 Å². The summed E-state index contributed by atoms with van der Waals surface area (Å²) in [6.07, 6.45) is 1.77. The molecule has 0 aliphatic carbocycles. The summed E-state index contributed by atoms with van der Waals surface area (Å²) < 4.78 is 12.2. The van der Waals surface area contributed by atoms with Crippen LogP contribution >= 0.6 is 0 Å². The number of amides is 1. The molecule has 2 heterocycles. The Hall–Kier alpha value is -1.97. The van der Waals surface area contributed by atoms with Crippen molar-refractivity contribution in [2.24, 2.45) is 7.05 Å². The van der Waals surface area contributed by atoms with E-state index in [-0.39, 0.29) is 30.0 Å². The van der Waals surface area contributed by atoms with Gasteiger partial charge in [-0.1, -0.05) is 0 Å². The molecule has 1 aliphatic heterocycles. The Balaban J connectivity index is 1.94. The standard InChI is InChI=1S/C16H26N4O5/c1-19(2)5-7-25-13-4-6-24-10-12(13)18-14(21)8-11-9-17-16(23)20(3)15(11)22/h9,12-13H,4-8,10H2,1-3H3,(H,17,23)(H,18,21)/t12-,13+/m0/s1. The van der Waals surface area contributed by atoms with Crippen LogP contribution in [0.5, 0.6) is 0 Å². The van der Waals surface area contributed by atoms with Crippen molar-refractivity contribution in [2.45, 2.75) is 25.0 Å². The van der Waals surface area contributed by atoms with Gasteiger partial charge < -0.3 is 24.7 Å². The molecule has 1 aromatic heterocycles. The van der Waals surface area contributed by atoms with Gasteiger partial charge >= 0.3 is 5.69 Å². The van der Waals surface area contributed by atoms with E-state index in [1.807, 2.05) is 19.0 Å². The van der Waals surface area contributed by atoms with E-state index in [4.69, 9.17) is 9.47 Å². The van der Waals surface area contributed by atoms with Crippen LogP contribution in [0.25, 0.3) is 0 Å². The molecule has 0 bridgehead atoms. The molecule has 0 saturated carbocycles. The van der Waals surface area contributed by atoms with Gasteiger partial charge in [-0.25, -0.2) is 4.79 Å². The summed E-state index contributed by atoms with van der Waals surface area (Å²) in [6.45, 7) is 2.34. The van der Waals surface area contributed by atoms with Crippen molar-refractivity contribution in [3.8, 4) is 0 Å². The third-order valence-electron chi connectivity index (χ3n) is 4.11. The first kappa shape index (κ1) is 19.4. The van der Waals surface area contributed by atoms with Gasteiger partial charge in [-0.2, -0.15) is 0 Å². The largest absolute Gasteiger partial charge is 0.379 e. The number of H-pyrrole nitrogens is 1. The molecule has 0 aromatic carbocycles. The average molecular weight is 354 g/mol. The second-order valence-electron chi connectivity index (χ2n) is 6.41. The molecule has 1 aromatic rings. The number of ether oxygens (including phenoxy) is 2. The molecule has 1 aliphatic rings. The highest BCUT2D eigenvalue weighted by atomic mass is 16.5. The lowest BCUT2D eigenvalue weighted by atomic mass is 10.1. The van der Waals surface area contributed by atoms with E-state index in [2.05, 4.69) is 10.3 Å². The number of nitrogens with zero attached hydrogens (tertiary/aromatic N) is 2. The zero-order valence-corrected chi connectivity index (χ0v) is 14.9. The van der Waals surface area contributed by atoms with E-state index in [1.165, 1.54) is 13.2 Å². The summed E-state index contributed by atoms with van der Waals surface area (Å²) in [5.41, 5.74) is -0.747. The number of hydrogen-bond donors (Lipinski definition) is 2. The van der Waals surface area contributed by atoms with Crippen molar-refractivity contribution < 1.29 is 14.3 Å². The molecular weight excluding hydrogens is 328 g/mol. The van der Waals surface area contributed by atoms with E-state index in [1.54, 1.807) is 0 Å². The molecular formula is C16H26N4O5. The molecule has 1 fully saturated rings. The van der Waals surface area contributed by atoms with E-state index < -0.39 is 11.2 Å². The fraction of sp³-hybridized carbons (Fsp3) is 0.688. The summed E-state index contributed by atoms with van der Waals surface area (Å²) in [5, 5.41) is 2.87. The smallest absolute Gasteiger partial charge is 0.328 e. The van der Waals surface area contributed by atoms with Crippen molar-refractivity contribution in [3.63, 3.8) is 0 Å². The maximum absolute atomic E-state index is 12.3. The number of carbonyl (C=O) groups is 1. The zero-order chi connectivity index (χ0) is 18.4. The first-order valence-electron chi connectivity index (χ1n) is 8.29. The Morgan fingerprint density at radius 1 is 1.48 bits per heavy atom. The number of aromatic nitrogens is 2. The Morgan fingerprint density at radius 2 is 2.24 bits per heavy atom. The topological polar surface area (TPSA) is 106 Å². The normalized spacial score (nSPS) is 20.6. The summed E-state index contributed by atoms with van der Waals surface area (Å²) >= 11 is 0. The number of carbonyl (C=O) groups excluding carboxylic acids is 1. The lowest BCUT2D eigenvalue weighted by molar-refractivity contribution is -0.125. The van der Waals surface area contributed by atoms with Crippen molar-refractivity contribution in [1.29, 1.82) is 0 Å². The minimum atomic E-state index is -0.510. The summed E-state index contributed by atoms with van der Waals surface area (Å²) in [4.78, 5) is 40.1. The predicted molar refractivity (Wildman–Crippen MR) is 91.7 cm³/mol. The summed E-state index contributed by atoms with van der Waals surface area (Å²) in [6, 6.07) is -0.255. The van der Waals surface area contributed by atoms with Crippen LogP contribution in [0.2, 0.25) is 0 Å². The molecule has 140 valence electrons. The summed E-state index contributed by atoms with van der Waals surface area (Å²) in [5.74, 6) is -0.305. The van der Waals surface area contributed by atoms with Crippen LogP contribution in [0.1, 0.15) is 12.0 Å². The van der Waals surface area contributed by atoms with Crippen molar-refractivity contribution >= 4 is 5.91 Å². The molecule has 9 heteroatoms. The number of rotatable bonds is 7. The molecule has 1 saturated heterocycles. The lowest BCUT2D eigenvalue weighted by Crippen LogP contribution is -2.51. The molecule has 2 atom stereocenters. The first-order valence-corrected chi connectivity index (χ1v) is 8.29. The first-order chi connectivity index (χ1) is 11.9. The third-order valence-corrected chi connectivity index (χ3v) is 4.11. The monoisotopic (exact) mass is 354 g/mol. The van der Waals surface area contributed by atoms with Crippen molar-refractivity contribution in [3.05, 3.63) is 32.6 Å². The molecule has 9 nitrogen and oxygen atoms in total. The Morgan fingerprint density at radius 3 is 2.96 bits per heavy atom. The van der Waals surface area contributed by atoms with Crippen LogP contribution in [0, 0.1) is 0 Å². The Labute approximate surface area is 145 Å². The highest BCUT2D eigenvalue weighted by Crippen LogP contribution is 2.12. The molecule has 0 unspecified atom stereocenters. The Bertz CT molecular complexity index is 697. The third kappa shape index (κ3) is 5.52. The van der Waals surface area contributed by atoms with Gasteiger partial charge in [-0.05, 0) is 20.5 Å². The van der Waals surface area contributed by atoms with Gasteiger partial charge in [0.05, 0.1) is 31.8 Å². The number of hydrogen-bond acceptors (Lipinski definition) is 6. The predicted octanol–water partition coefficient (Wildman–Crippen LogP) is -1.53. The fourth-order valence-electron chi connectivity index (χ4n) is 2.61. The number of aromatic amines is 1. The van der Waals surface area contributed by atoms with E-state index in [0.29, 0.717) is 26.2 Å². The maximum atomic E-state index is 12.3. The van der Waals surface area contributed by atoms with Crippen molar-refractivity contribution in [1.82, 2.24) is 19.8 Å². The maximum Gasteiger partial charge on any atom is 0.328 e. The second-order valence-corrected chi connectivity index (χ2v) is 6.41. The molecule has 25 heavy (non-hydrogen) atoms. The summed E-state index contributed by atoms with van der Waals surface area (Å²) in [7, 11) is 5.31. The van der Waals surface area contributed by atoms with Crippen molar-refractivity contribution in [2.75, 3.05) is 40.5 Å². The molecule has 1 amide bonds. The number of likely N-dealkylation sites (N-methyl/N-ethyl adjacent to an activating group) is 1. The van der Waals surface area contributed by atoms with E-state index in [0.717, 1.165) is 11.1 Å².